The highest BCUT2D eigenvalue weighted by Gasteiger charge is 2.40. The van der Waals surface area contributed by atoms with Crippen molar-refractivity contribution in [1.29, 1.82) is 0 Å². The molecule has 2 atom stereocenters. The van der Waals surface area contributed by atoms with Crippen molar-refractivity contribution in [2.45, 2.75) is 26.2 Å². The van der Waals surface area contributed by atoms with Crippen molar-refractivity contribution in [3.8, 4) is 0 Å². The Hall–Kier alpha value is -0.370. The van der Waals surface area contributed by atoms with Crippen LogP contribution in [0.5, 0.6) is 0 Å². The van der Waals surface area contributed by atoms with Gasteiger partial charge >= 0.3 is 0 Å². The number of carbonyl (C=O) groups is 1. The zero-order chi connectivity index (χ0) is 7.56. The first-order chi connectivity index (χ1) is 4.79. The van der Waals surface area contributed by atoms with Crippen LogP contribution < -0.4 is 0 Å². The largest absolute Gasteiger partial charge is 0.396 e. The monoisotopic (exact) mass is 142 g/mol. The Balaban J connectivity index is 2.18. The van der Waals surface area contributed by atoms with Gasteiger partial charge in [-0.15, -0.1) is 0 Å². The Morgan fingerprint density at radius 1 is 1.70 bits per heavy atom. The van der Waals surface area contributed by atoms with Gasteiger partial charge in [0.15, 0.2) is 0 Å². The number of aliphatic hydroxyl groups excluding tert-OH is 1. The second-order valence-corrected chi connectivity index (χ2v) is 2.93. The number of hydrogen-bond donors (Lipinski definition) is 1. The summed E-state index contributed by atoms with van der Waals surface area (Å²) >= 11 is 0. The van der Waals surface area contributed by atoms with Gasteiger partial charge in [0.1, 0.15) is 5.78 Å². The van der Waals surface area contributed by atoms with Crippen molar-refractivity contribution in [2.24, 2.45) is 11.8 Å². The number of hydrogen-bond acceptors (Lipinski definition) is 2. The van der Waals surface area contributed by atoms with Crippen LogP contribution in [0.1, 0.15) is 26.2 Å². The molecule has 2 nitrogen and oxygen atoms in total. The first-order valence-corrected chi connectivity index (χ1v) is 3.93. The van der Waals surface area contributed by atoms with Gasteiger partial charge in [0.2, 0.25) is 0 Å². The van der Waals surface area contributed by atoms with Crippen LogP contribution in [0, 0.1) is 11.8 Å². The van der Waals surface area contributed by atoms with Crippen LogP contribution >= 0.6 is 0 Å². The summed E-state index contributed by atoms with van der Waals surface area (Å²) in [5, 5.41) is 8.54. The zero-order valence-corrected chi connectivity index (χ0v) is 6.34. The van der Waals surface area contributed by atoms with Crippen LogP contribution in [0.2, 0.25) is 0 Å². The number of aliphatic hydroxyl groups is 1. The van der Waals surface area contributed by atoms with E-state index >= 15 is 0 Å². The van der Waals surface area contributed by atoms with Crippen LogP contribution in [-0.2, 0) is 4.79 Å². The summed E-state index contributed by atoms with van der Waals surface area (Å²) < 4.78 is 0. The summed E-state index contributed by atoms with van der Waals surface area (Å²) in [6.45, 7) is 2.13. The fraction of sp³-hybridized carbons (Fsp3) is 0.875. The van der Waals surface area contributed by atoms with E-state index in [9.17, 15) is 4.79 Å². The molecular weight excluding hydrogens is 128 g/mol. The summed E-state index contributed by atoms with van der Waals surface area (Å²) in [6.07, 6.45) is 2.50. The molecule has 1 saturated carbocycles. The van der Waals surface area contributed by atoms with Crippen LogP contribution in [0.25, 0.3) is 0 Å². The molecule has 0 spiro atoms. The third-order valence-electron chi connectivity index (χ3n) is 2.18. The van der Waals surface area contributed by atoms with E-state index in [1.807, 2.05) is 6.92 Å². The van der Waals surface area contributed by atoms with Gasteiger partial charge in [-0.25, -0.2) is 0 Å². The molecule has 1 aliphatic carbocycles. The van der Waals surface area contributed by atoms with Gasteiger partial charge in [-0.1, -0.05) is 6.92 Å². The third-order valence-corrected chi connectivity index (χ3v) is 2.18. The van der Waals surface area contributed by atoms with Crippen molar-refractivity contribution in [2.75, 3.05) is 6.61 Å². The van der Waals surface area contributed by atoms with Crippen molar-refractivity contribution < 1.29 is 9.90 Å². The Morgan fingerprint density at radius 3 is 2.90 bits per heavy atom. The molecule has 0 saturated heterocycles. The Kier molecular flexibility index (Phi) is 2.44. The van der Waals surface area contributed by atoms with E-state index in [1.54, 1.807) is 0 Å². The smallest absolute Gasteiger partial charge is 0.135 e. The summed E-state index contributed by atoms with van der Waals surface area (Å²) in [5.41, 5.74) is 0. The first kappa shape index (κ1) is 7.73. The van der Waals surface area contributed by atoms with Gasteiger partial charge in [-0.2, -0.15) is 0 Å². The van der Waals surface area contributed by atoms with E-state index in [1.165, 1.54) is 0 Å². The Bertz CT molecular complexity index is 131. The lowest BCUT2D eigenvalue weighted by molar-refractivity contribution is -0.120. The molecule has 0 aromatic rings. The fourth-order valence-electron chi connectivity index (χ4n) is 1.39. The standard InChI is InChI=1S/C8H14O2/c1-2-8(10)7-5-6(7)3-4-9/h6-7,9H,2-5H2,1H3/t6-,7+/m1/s1. The van der Waals surface area contributed by atoms with Crippen molar-refractivity contribution in [1.82, 2.24) is 0 Å². The average Bonchev–Trinajstić information content (AvgIpc) is 2.67. The topological polar surface area (TPSA) is 37.3 Å². The molecule has 0 aliphatic heterocycles. The molecule has 0 bridgehead atoms. The first-order valence-electron chi connectivity index (χ1n) is 3.93. The molecule has 0 aromatic carbocycles. The SMILES string of the molecule is CCC(=O)[C@H]1C[C@H]1CCO. The van der Waals surface area contributed by atoms with Gasteiger partial charge in [0, 0.05) is 18.9 Å². The van der Waals surface area contributed by atoms with Crippen LogP contribution in [0.15, 0.2) is 0 Å². The lowest BCUT2D eigenvalue weighted by atomic mass is 10.1. The van der Waals surface area contributed by atoms with Crippen LogP contribution in [0.4, 0.5) is 0 Å². The highest BCUT2D eigenvalue weighted by Crippen LogP contribution is 2.42. The van der Waals surface area contributed by atoms with E-state index in [2.05, 4.69) is 0 Å². The predicted molar refractivity (Wildman–Crippen MR) is 38.6 cm³/mol. The average molecular weight is 142 g/mol. The van der Waals surface area contributed by atoms with Gasteiger partial charge in [0.25, 0.3) is 0 Å². The quantitative estimate of drug-likeness (QED) is 0.635. The lowest BCUT2D eigenvalue weighted by Crippen LogP contribution is -2.00. The molecule has 0 radical (unpaired) electrons. The highest BCUT2D eigenvalue weighted by molar-refractivity contribution is 5.83. The molecule has 1 rings (SSSR count). The molecule has 2 heteroatoms. The van der Waals surface area contributed by atoms with Gasteiger partial charge in [-0.05, 0) is 18.8 Å². The zero-order valence-electron chi connectivity index (χ0n) is 6.34. The molecule has 1 N–H and O–H groups in total. The van der Waals surface area contributed by atoms with E-state index in [4.69, 9.17) is 5.11 Å². The molecule has 0 heterocycles. The molecule has 58 valence electrons. The second-order valence-electron chi connectivity index (χ2n) is 2.93. The highest BCUT2D eigenvalue weighted by atomic mass is 16.3. The molecule has 0 amide bonds. The van der Waals surface area contributed by atoms with E-state index < -0.39 is 0 Å². The summed E-state index contributed by atoms with van der Waals surface area (Å²) in [5.74, 6) is 1.19. The van der Waals surface area contributed by atoms with Crippen molar-refractivity contribution >= 4 is 5.78 Å². The normalized spacial score (nSPS) is 30.2. The minimum absolute atomic E-state index is 0.234. The second kappa shape index (κ2) is 3.15. The minimum Gasteiger partial charge on any atom is -0.396 e. The predicted octanol–water partition coefficient (Wildman–Crippen LogP) is 0.984. The summed E-state index contributed by atoms with van der Waals surface area (Å²) in [7, 11) is 0. The van der Waals surface area contributed by atoms with Crippen LogP contribution in [-0.4, -0.2) is 17.5 Å². The minimum atomic E-state index is 0.234. The molecule has 1 fully saturated rings. The summed E-state index contributed by atoms with van der Waals surface area (Å²) in [4.78, 5) is 11.0. The fourth-order valence-corrected chi connectivity index (χ4v) is 1.39. The molecule has 0 aromatic heterocycles. The molecule has 1 aliphatic rings. The Morgan fingerprint density at radius 2 is 2.40 bits per heavy atom. The maximum absolute atomic E-state index is 11.0. The number of Topliss-reactive ketones (excluding diaryl/α,β-unsaturated/α-hetero) is 1. The Labute approximate surface area is 61.2 Å². The van der Waals surface area contributed by atoms with E-state index in [-0.39, 0.29) is 6.61 Å². The lowest BCUT2D eigenvalue weighted by Gasteiger charge is -1.92. The number of rotatable bonds is 4. The van der Waals surface area contributed by atoms with E-state index in [0.717, 1.165) is 12.8 Å². The van der Waals surface area contributed by atoms with E-state index in [0.29, 0.717) is 24.0 Å². The molecular formula is C8H14O2. The maximum Gasteiger partial charge on any atom is 0.135 e. The molecule has 0 unspecified atom stereocenters. The van der Waals surface area contributed by atoms with Gasteiger partial charge in [-0.3, -0.25) is 4.79 Å². The molecule has 10 heavy (non-hydrogen) atoms. The third kappa shape index (κ3) is 1.57. The van der Waals surface area contributed by atoms with Crippen molar-refractivity contribution in [3.63, 3.8) is 0 Å². The summed E-state index contributed by atoms with van der Waals surface area (Å²) in [6, 6.07) is 0. The number of carbonyl (C=O) groups excluding carboxylic acids is 1. The van der Waals surface area contributed by atoms with Gasteiger partial charge in [0.05, 0.1) is 0 Å². The number of ketones is 1. The van der Waals surface area contributed by atoms with Gasteiger partial charge < -0.3 is 5.11 Å². The van der Waals surface area contributed by atoms with Crippen LogP contribution in [0.3, 0.4) is 0 Å². The van der Waals surface area contributed by atoms with Crippen molar-refractivity contribution in [3.05, 3.63) is 0 Å². The maximum atomic E-state index is 11.0.